The average Bonchev–Trinajstić information content (AvgIpc) is 2.36. The first-order valence-electron chi connectivity index (χ1n) is 6.80. The second kappa shape index (κ2) is 7.79. The number of nitrogens with two attached hydrogens (primary N) is 1. The second-order valence-corrected chi connectivity index (χ2v) is 5.06. The molecule has 4 heteroatoms. The normalized spacial score (nSPS) is 12.4. The highest BCUT2D eigenvalue weighted by atomic mass is 16.5. The van der Waals surface area contributed by atoms with Crippen molar-refractivity contribution in [2.75, 3.05) is 13.2 Å². The van der Waals surface area contributed by atoms with Gasteiger partial charge in [0.05, 0.1) is 6.61 Å². The Morgan fingerprint density at radius 1 is 1.42 bits per heavy atom. The average molecular weight is 264 g/mol. The first-order valence-corrected chi connectivity index (χ1v) is 6.80. The number of rotatable bonds is 8. The molecule has 0 fully saturated rings. The summed E-state index contributed by atoms with van der Waals surface area (Å²) in [5, 5.41) is 3.19. The third-order valence-corrected chi connectivity index (χ3v) is 2.68. The Morgan fingerprint density at radius 2 is 2.16 bits per heavy atom. The SMILES string of the molecule is CCCOc1cccc(C(NCC(C)C)C(N)=O)c1. The lowest BCUT2D eigenvalue weighted by atomic mass is 10.1. The van der Waals surface area contributed by atoms with E-state index in [1.54, 1.807) is 0 Å². The van der Waals surface area contributed by atoms with Gasteiger partial charge in [0.25, 0.3) is 0 Å². The number of carbonyl (C=O) groups is 1. The molecule has 0 spiro atoms. The third kappa shape index (κ3) is 5.30. The van der Waals surface area contributed by atoms with Crippen LogP contribution in [0.1, 0.15) is 38.8 Å². The van der Waals surface area contributed by atoms with Crippen LogP contribution in [0.5, 0.6) is 5.75 Å². The minimum absolute atomic E-state index is 0.367. The third-order valence-electron chi connectivity index (χ3n) is 2.68. The zero-order chi connectivity index (χ0) is 14.3. The van der Waals surface area contributed by atoms with Gasteiger partial charge in [-0.3, -0.25) is 4.79 Å². The van der Waals surface area contributed by atoms with E-state index >= 15 is 0 Å². The standard InChI is InChI=1S/C15H24N2O2/c1-4-8-19-13-7-5-6-12(9-13)14(15(16)18)17-10-11(2)3/h5-7,9,11,14,17H,4,8,10H2,1-3H3,(H2,16,18). The molecule has 1 atom stereocenters. The number of carbonyl (C=O) groups excluding carboxylic acids is 1. The van der Waals surface area contributed by atoms with Gasteiger partial charge in [0.2, 0.25) is 5.91 Å². The lowest BCUT2D eigenvalue weighted by Gasteiger charge is -2.18. The van der Waals surface area contributed by atoms with Gasteiger partial charge in [-0.1, -0.05) is 32.9 Å². The molecule has 0 aliphatic carbocycles. The highest BCUT2D eigenvalue weighted by molar-refractivity contribution is 5.81. The lowest BCUT2D eigenvalue weighted by Crippen LogP contribution is -2.35. The molecule has 1 unspecified atom stereocenters. The van der Waals surface area contributed by atoms with Gasteiger partial charge < -0.3 is 15.8 Å². The minimum Gasteiger partial charge on any atom is -0.494 e. The van der Waals surface area contributed by atoms with E-state index in [9.17, 15) is 4.79 Å². The Hall–Kier alpha value is -1.55. The summed E-state index contributed by atoms with van der Waals surface area (Å²) in [5.74, 6) is 0.867. The minimum atomic E-state index is -0.465. The molecule has 0 bridgehead atoms. The molecule has 1 amide bonds. The molecule has 19 heavy (non-hydrogen) atoms. The molecule has 1 rings (SSSR count). The molecule has 0 heterocycles. The monoisotopic (exact) mass is 264 g/mol. The van der Waals surface area contributed by atoms with Gasteiger partial charge in [-0.05, 0) is 36.6 Å². The van der Waals surface area contributed by atoms with E-state index in [1.165, 1.54) is 0 Å². The molecule has 0 saturated heterocycles. The molecule has 0 saturated carbocycles. The summed E-state index contributed by atoms with van der Waals surface area (Å²) in [5.41, 5.74) is 6.31. The van der Waals surface area contributed by atoms with E-state index in [4.69, 9.17) is 10.5 Å². The van der Waals surface area contributed by atoms with Crippen LogP contribution in [-0.4, -0.2) is 19.1 Å². The topological polar surface area (TPSA) is 64.3 Å². The maximum Gasteiger partial charge on any atom is 0.239 e. The second-order valence-electron chi connectivity index (χ2n) is 5.06. The largest absolute Gasteiger partial charge is 0.494 e. The van der Waals surface area contributed by atoms with Gasteiger partial charge in [-0.25, -0.2) is 0 Å². The maximum absolute atomic E-state index is 11.6. The summed E-state index contributed by atoms with van der Waals surface area (Å²) >= 11 is 0. The van der Waals surface area contributed by atoms with Crippen molar-refractivity contribution in [3.63, 3.8) is 0 Å². The molecule has 0 aliphatic rings. The summed E-state index contributed by atoms with van der Waals surface area (Å²) in [4.78, 5) is 11.6. The highest BCUT2D eigenvalue weighted by Crippen LogP contribution is 2.19. The number of hydrogen-bond donors (Lipinski definition) is 2. The van der Waals surface area contributed by atoms with Crippen molar-refractivity contribution in [1.82, 2.24) is 5.32 Å². The van der Waals surface area contributed by atoms with Gasteiger partial charge in [0, 0.05) is 0 Å². The van der Waals surface area contributed by atoms with Crippen molar-refractivity contribution in [3.8, 4) is 5.75 Å². The number of primary amides is 1. The van der Waals surface area contributed by atoms with Crippen molar-refractivity contribution >= 4 is 5.91 Å². The zero-order valence-corrected chi connectivity index (χ0v) is 12.0. The molecule has 3 N–H and O–H groups in total. The predicted octanol–water partition coefficient (Wildman–Crippen LogP) is 2.25. The van der Waals surface area contributed by atoms with Crippen molar-refractivity contribution in [1.29, 1.82) is 0 Å². The molecular formula is C15H24N2O2. The van der Waals surface area contributed by atoms with Gasteiger partial charge in [-0.2, -0.15) is 0 Å². The van der Waals surface area contributed by atoms with Crippen LogP contribution in [0, 0.1) is 5.92 Å². The fourth-order valence-corrected chi connectivity index (χ4v) is 1.74. The highest BCUT2D eigenvalue weighted by Gasteiger charge is 2.17. The Balaban J connectivity index is 2.80. The van der Waals surface area contributed by atoms with E-state index in [0.717, 1.165) is 24.3 Å². The first kappa shape index (κ1) is 15.5. The summed E-state index contributed by atoms with van der Waals surface area (Å²) in [6.07, 6.45) is 0.953. The van der Waals surface area contributed by atoms with E-state index < -0.39 is 6.04 Å². The first-order chi connectivity index (χ1) is 9.04. The number of hydrogen-bond acceptors (Lipinski definition) is 3. The number of ether oxygens (including phenoxy) is 1. The van der Waals surface area contributed by atoms with Crippen LogP contribution in [0.4, 0.5) is 0 Å². The van der Waals surface area contributed by atoms with Gasteiger partial charge >= 0.3 is 0 Å². The molecule has 1 aromatic carbocycles. The number of nitrogens with one attached hydrogen (secondary N) is 1. The zero-order valence-electron chi connectivity index (χ0n) is 12.0. The van der Waals surface area contributed by atoms with Crippen LogP contribution in [0.15, 0.2) is 24.3 Å². The summed E-state index contributed by atoms with van der Waals surface area (Å²) in [6, 6.07) is 7.07. The summed E-state index contributed by atoms with van der Waals surface area (Å²) in [7, 11) is 0. The molecule has 4 nitrogen and oxygen atoms in total. The summed E-state index contributed by atoms with van der Waals surface area (Å²) < 4.78 is 5.57. The Kier molecular flexibility index (Phi) is 6.36. The van der Waals surface area contributed by atoms with E-state index in [1.807, 2.05) is 24.3 Å². The number of amides is 1. The predicted molar refractivity (Wildman–Crippen MR) is 77.0 cm³/mol. The smallest absolute Gasteiger partial charge is 0.239 e. The van der Waals surface area contributed by atoms with E-state index in [2.05, 4.69) is 26.1 Å². The van der Waals surface area contributed by atoms with Crippen molar-refractivity contribution in [2.45, 2.75) is 33.2 Å². The maximum atomic E-state index is 11.6. The molecule has 0 aromatic heterocycles. The van der Waals surface area contributed by atoms with Crippen LogP contribution in [0.25, 0.3) is 0 Å². The van der Waals surface area contributed by atoms with Gasteiger partial charge in [0.15, 0.2) is 0 Å². The molecule has 0 radical (unpaired) electrons. The van der Waals surface area contributed by atoms with Crippen LogP contribution >= 0.6 is 0 Å². The molecular weight excluding hydrogens is 240 g/mol. The van der Waals surface area contributed by atoms with Crippen LogP contribution in [-0.2, 0) is 4.79 Å². The molecule has 106 valence electrons. The van der Waals surface area contributed by atoms with Crippen molar-refractivity contribution in [3.05, 3.63) is 29.8 Å². The van der Waals surface area contributed by atoms with Crippen LogP contribution in [0.3, 0.4) is 0 Å². The fourth-order valence-electron chi connectivity index (χ4n) is 1.74. The van der Waals surface area contributed by atoms with Crippen molar-refractivity contribution < 1.29 is 9.53 Å². The summed E-state index contributed by atoms with van der Waals surface area (Å²) in [6.45, 7) is 7.65. The Bertz CT molecular complexity index is 405. The van der Waals surface area contributed by atoms with E-state index in [0.29, 0.717) is 12.5 Å². The van der Waals surface area contributed by atoms with Gasteiger partial charge in [0.1, 0.15) is 11.8 Å². The van der Waals surface area contributed by atoms with Crippen LogP contribution in [0.2, 0.25) is 0 Å². The number of benzene rings is 1. The molecule has 0 aliphatic heterocycles. The quantitative estimate of drug-likeness (QED) is 0.757. The van der Waals surface area contributed by atoms with Gasteiger partial charge in [-0.15, -0.1) is 0 Å². The van der Waals surface area contributed by atoms with Crippen LogP contribution < -0.4 is 15.8 Å². The lowest BCUT2D eigenvalue weighted by molar-refractivity contribution is -0.120. The Morgan fingerprint density at radius 3 is 2.74 bits per heavy atom. The van der Waals surface area contributed by atoms with Crippen molar-refractivity contribution in [2.24, 2.45) is 11.7 Å². The Labute approximate surface area is 115 Å². The van der Waals surface area contributed by atoms with E-state index in [-0.39, 0.29) is 5.91 Å². The molecule has 1 aromatic rings. The fraction of sp³-hybridized carbons (Fsp3) is 0.533.